The Morgan fingerprint density at radius 1 is 1.12 bits per heavy atom. The van der Waals surface area contributed by atoms with Crippen molar-refractivity contribution in [1.82, 2.24) is 4.31 Å². The number of hydrogen-bond acceptors (Lipinski definition) is 7. The van der Waals surface area contributed by atoms with Gasteiger partial charge in [0.05, 0.1) is 21.6 Å². The van der Waals surface area contributed by atoms with Gasteiger partial charge in [-0.1, -0.05) is 12.5 Å². The number of amides is 1. The Kier molecular flexibility index (Phi) is 8.11. The minimum absolute atomic E-state index is 0.0363. The van der Waals surface area contributed by atoms with Crippen LogP contribution in [0.15, 0.2) is 41.3 Å². The first-order valence-corrected chi connectivity index (χ1v) is 12.5. The topological polar surface area (TPSA) is 128 Å². The molecule has 0 atom stereocenters. The first kappa shape index (κ1) is 25.4. The standard InChI is InChI=1S/C23H29N3O7S/c1-16(2)33-21-10-8-18(34(30,31)25-11-5-4-6-12-25)14-19(21)24-23(27)15-32-22-9-7-17(3)13-20(22)26(28)29/h7-10,13-14,16H,4-6,11-12,15H2,1-3H3,(H,24,27). The summed E-state index contributed by atoms with van der Waals surface area (Å²) in [4.78, 5) is 23.4. The molecule has 0 bridgehead atoms. The van der Waals surface area contributed by atoms with Crippen LogP contribution in [0.4, 0.5) is 11.4 Å². The van der Waals surface area contributed by atoms with E-state index in [1.807, 2.05) is 13.8 Å². The van der Waals surface area contributed by atoms with Crippen LogP contribution in [0, 0.1) is 17.0 Å². The maximum absolute atomic E-state index is 13.1. The van der Waals surface area contributed by atoms with Gasteiger partial charge in [0.15, 0.2) is 12.4 Å². The van der Waals surface area contributed by atoms with E-state index < -0.39 is 27.5 Å². The highest BCUT2D eigenvalue weighted by atomic mass is 32.2. The van der Waals surface area contributed by atoms with Crippen molar-refractivity contribution in [2.75, 3.05) is 25.0 Å². The number of benzene rings is 2. The van der Waals surface area contributed by atoms with Crippen LogP contribution in [0.1, 0.15) is 38.7 Å². The minimum Gasteiger partial charge on any atom is -0.489 e. The van der Waals surface area contributed by atoms with Gasteiger partial charge in [0.25, 0.3) is 5.91 Å². The number of nitro groups is 1. The first-order chi connectivity index (χ1) is 16.1. The van der Waals surface area contributed by atoms with Crippen LogP contribution in [0.25, 0.3) is 0 Å². The summed E-state index contributed by atoms with van der Waals surface area (Å²) in [7, 11) is -3.72. The first-order valence-electron chi connectivity index (χ1n) is 11.1. The summed E-state index contributed by atoms with van der Waals surface area (Å²) in [6.07, 6.45) is 2.39. The summed E-state index contributed by atoms with van der Waals surface area (Å²) >= 11 is 0. The van der Waals surface area contributed by atoms with E-state index in [1.54, 1.807) is 13.0 Å². The van der Waals surface area contributed by atoms with Crippen LogP contribution in [0.5, 0.6) is 11.5 Å². The SMILES string of the molecule is Cc1ccc(OCC(=O)Nc2cc(S(=O)(=O)N3CCCCC3)ccc2OC(C)C)c([N+](=O)[O-])c1. The lowest BCUT2D eigenvalue weighted by Gasteiger charge is -2.26. The zero-order valence-electron chi connectivity index (χ0n) is 19.4. The van der Waals surface area contributed by atoms with Gasteiger partial charge in [0.2, 0.25) is 10.0 Å². The second-order valence-electron chi connectivity index (χ2n) is 8.35. The highest BCUT2D eigenvalue weighted by Gasteiger charge is 2.27. The molecule has 34 heavy (non-hydrogen) atoms. The lowest BCUT2D eigenvalue weighted by atomic mass is 10.2. The third kappa shape index (κ3) is 6.23. The molecule has 0 aliphatic carbocycles. The third-order valence-corrected chi connectivity index (χ3v) is 7.11. The summed E-state index contributed by atoms with van der Waals surface area (Å²) in [5, 5.41) is 13.9. The highest BCUT2D eigenvalue weighted by Crippen LogP contribution is 2.31. The molecule has 0 spiro atoms. The van der Waals surface area contributed by atoms with Gasteiger partial charge in [0.1, 0.15) is 5.75 Å². The monoisotopic (exact) mass is 491 g/mol. The fourth-order valence-electron chi connectivity index (χ4n) is 3.60. The maximum atomic E-state index is 13.1. The molecule has 2 aromatic carbocycles. The largest absolute Gasteiger partial charge is 0.489 e. The molecule has 0 radical (unpaired) electrons. The second kappa shape index (κ2) is 10.8. The van der Waals surface area contributed by atoms with Crippen molar-refractivity contribution in [3.05, 3.63) is 52.1 Å². The zero-order valence-corrected chi connectivity index (χ0v) is 20.3. The second-order valence-corrected chi connectivity index (χ2v) is 10.3. The molecule has 3 rings (SSSR count). The molecule has 11 heteroatoms. The van der Waals surface area contributed by atoms with E-state index in [-0.39, 0.29) is 28.1 Å². The quantitative estimate of drug-likeness (QED) is 0.416. The average molecular weight is 492 g/mol. The predicted octanol–water partition coefficient (Wildman–Crippen LogP) is 3.88. The van der Waals surface area contributed by atoms with Crippen molar-refractivity contribution in [3.8, 4) is 11.5 Å². The van der Waals surface area contributed by atoms with Crippen molar-refractivity contribution in [3.63, 3.8) is 0 Å². The van der Waals surface area contributed by atoms with E-state index in [1.165, 1.54) is 34.6 Å². The van der Waals surface area contributed by atoms with E-state index in [0.29, 0.717) is 24.4 Å². The highest BCUT2D eigenvalue weighted by molar-refractivity contribution is 7.89. The van der Waals surface area contributed by atoms with Crippen LogP contribution in [0.3, 0.4) is 0 Å². The minimum atomic E-state index is -3.72. The van der Waals surface area contributed by atoms with Crippen LogP contribution in [-0.2, 0) is 14.8 Å². The van der Waals surface area contributed by atoms with E-state index in [9.17, 15) is 23.3 Å². The normalized spacial score (nSPS) is 14.6. The molecule has 10 nitrogen and oxygen atoms in total. The van der Waals surface area contributed by atoms with E-state index in [2.05, 4.69) is 5.32 Å². The summed E-state index contributed by atoms with van der Waals surface area (Å²) in [6.45, 7) is 5.74. The fourth-order valence-corrected chi connectivity index (χ4v) is 5.14. The van der Waals surface area contributed by atoms with Gasteiger partial charge >= 0.3 is 5.69 Å². The number of nitrogens with one attached hydrogen (secondary N) is 1. The van der Waals surface area contributed by atoms with Gasteiger partial charge in [-0.05, 0) is 63.4 Å². The molecule has 1 N–H and O–H groups in total. The summed E-state index contributed by atoms with van der Waals surface area (Å²) in [5.41, 5.74) is 0.621. The number of carbonyl (C=O) groups excluding carboxylic acids is 1. The summed E-state index contributed by atoms with van der Waals surface area (Å²) < 4.78 is 38.7. The smallest absolute Gasteiger partial charge is 0.311 e. The molecule has 2 aromatic rings. The van der Waals surface area contributed by atoms with Gasteiger partial charge in [-0.2, -0.15) is 4.31 Å². The van der Waals surface area contributed by atoms with Gasteiger partial charge in [0, 0.05) is 19.2 Å². The number of nitrogens with zero attached hydrogens (tertiary/aromatic N) is 2. The maximum Gasteiger partial charge on any atom is 0.311 e. The number of aryl methyl sites for hydroxylation is 1. The van der Waals surface area contributed by atoms with Crippen molar-refractivity contribution >= 4 is 27.3 Å². The number of sulfonamides is 1. The number of rotatable bonds is 9. The molecule has 0 saturated carbocycles. The number of carbonyl (C=O) groups is 1. The fraction of sp³-hybridized carbons (Fsp3) is 0.435. The Morgan fingerprint density at radius 3 is 2.44 bits per heavy atom. The summed E-state index contributed by atoms with van der Waals surface area (Å²) in [6, 6.07) is 8.77. The molecular formula is C23H29N3O7S. The molecule has 1 heterocycles. The number of anilines is 1. The van der Waals surface area contributed by atoms with Gasteiger partial charge in [-0.3, -0.25) is 14.9 Å². The Balaban J connectivity index is 1.81. The van der Waals surface area contributed by atoms with Crippen molar-refractivity contribution in [1.29, 1.82) is 0 Å². The molecule has 1 fully saturated rings. The average Bonchev–Trinajstić information content (AvgIpc) is 2.79. The Hall–Kier alpha value is -3.18. The van der Waals surface area contributed by atoms with E-state index in [4.69, 9.17) is 9.47 Å². The van der Waals surface area contributed by atoms with Gasteiger partial charge in [-0.25, -0.2) is 8.42 Å². The van der Waals surface area contributed by atoms with Crippen molar-refractivity contribution in [2.24, 2.45) is 0 Å². The number of hydrogen-bond donors (Lipinski definition) is 1. The summed E-state index contributed by atoms with van der Waals surface area (Å²) in [5.74, 6) is -0.343. The number of nitro benzene ring substituents is 1. The van der Waals surface area contributed by atoms with Gasteiger partial charge in [-0.15, -0.1) is 0 Å². The third-order valence-electron chi connectivity index (χ3n) is 5.21. The van der Waals surface area contributed by atoms with Gasteiger partial charge < -0.3 is 14.8 Å². The van der Waals surface area contributed by atoms with Crippen molar-refractivity contribution in [2.45, 2.75) is 51.0 Å². The molecule has 1 amide bonds. The Labute approximate surface area is 199 Å². The number of ether oxygens (including phenoxy) is 2. The molecular weight excluding hydrogens is 462 g/mol. The zero-order chi connectivity index (χ0) is 24.9. The predicted molar refractivity (Wildman–Crippen MR) is 127 cm³/mol. The van der Waals surface area contributed by atoms with E-state index in [0.717, 1.165) is 19.3 Å². The van der Waals surface area contributed by atoms with Crippen molar-refractivity contribution < 1.29 is 27.6 Å². The molecule has 0 aromatic heterocycles. The Morgan fingerprint density at radius 2 is 1.79 bits per heavy atom. The molecule has 1 saturated heterocycles. The molecule has 1 aliphatic rings. The van der Waals surface area contributed by atoms with Crippen LogP contribution in [-0.4, -0.2) is 49.4 Å². The van der Waals surface area contributed by atoms with Crippen LogP contribution in [0.2, 0.25) is 0 Å². The molecule has 1 aliphatic heterocycles. The van der Waals surface area contributed by atoms with E-state index >= 15 is 0 Å². The van der Waals surface area contributed by atoms with Crippen LogP contribution < -0.4 is 14.8 Å². The Bertz CT molecular complexity index is 1160. The molecule has 184 valence electrons. The van der Waals surface area contributed by atoms with Crippen LogP contribution >= 0.6 is 0 Å². The number of piperidine rings is 1. The molecule has 0 unspecified atom stereocenters. The lowest BCUT2D eigenvalue weighted by Crippen LogP contribution is -2.35. The lowest BCUT2D eigenvalue weighted by molar-refractivity contribution is -0.385.